The number of aromatic nitrogens is 2. The van der Waals surface area contributed by atoms with Gasteiger partial charge in [0.2, 0.25) is 5.95 Å². The van der Waals surface area contributed by atoms with Crippen molar-refractivity contribution in [1.29, 1.82) is 0 Å². The summed E-state index contributed by atoms with van der Waals surface area (Å²) in [5, 5.41) is 7.31. The summed E-state index contributed by atoms with van der Waals surface area (Å²) in [6.45, 7) is 17.2. The van der Waals surface area contributed by atoms with Gasteiger partial charge in [0.15, 0.2) is 0 Å². The first kappa shape index (κ1) is 31.9. The predicted molar refractivity (Wildman–Crippen MR) is 182 cm³/mol. The average molecular weight is 609 g/mol. The van der Waals surface area contributed by atoms with Crippen LogP contribution in [-0.2, 0) is 10.2 Å². The van der Waals surface area contributed by atoms with Gasteiger partial charge in [-0.05, 0) is 98.6 Å². The molecule has 0 fully saturated rings. The molecule has 2 heterocycles. The molecule has 2 amide bonds. The summed E-state index contributed by atoms with van der Waals surface area (Å²) >= 11 is 0. The number of nitrogens with zero attached hydrogens (tertiary/aromatic N) is 4. The Morgan fingerprint density at radius 2 is 1.82 bits per heavy atom. The number of rotatable bonds is 11. The predicted octanol–water partition coefficient (Wildman–Crippen LogP) is 7.26. The third-order valence-corrected chi connectivity index (χ3v) is 8.54. The summed E-state index contributed by atoms with van der Waals surface area (Å²) in [7, 11) is 0. The van der Waals surface area contributed by atoms with Crippen LogP contribution in [0.3, 0.4) is 0 Å². The van der Waals surface area contributed by atoms with E-state index in [-0.39, 0.29) is 17.4 Å². The lowest BCUT2D eigenvalue weighted by Gasteiger charge is -2.20. The molecule has 45 heavy (non-hydrogen) atoms. The van der Waals surface area contributed by atoms with Crippen molar-refractivity contribution in [3.63, 3.8) is 0 Å². The second-order valence-corrected chi connectivity index (χ2v) is 12.2. The van der Waals surface area contributed by atoms with Crippen LogP contribution in [0.25, 0.3) is 22.0 Å². The summed E-state index contributed by atoms with van der Waals surface area (Å²) in [6, 6.07) is 17.5. The fourth-order valence-corrected chi connectivity index (χ4v) is 5.94. The van der Waals surface area contributed by atoms with Crippen LogP contribution in [0.1, 0.15) is 62.5 Å². The van der Waals surface area contributed by atoms with E-state index in [9.17, 15) is 9.59 Å². The molecular weight excluding hydrogens is 564 g/mol. The zero-order valence-corrected chi connectivity index (χ0v) is 27.2. The number of amides is 2. The van der Waals surface area contributed by atoms with Gasteiger partial charge in [0.05, 0.1) is 17.8 Å². The molecule has 5 rings (SSSR count). The van der Waals surface area contributed by atoms with Crippen molar-refractivity contribution in [2.75, 3.05) is 54.9 Å². The third-order valence-electron chi connectivity index (χ3n) is 8.54. The Kier molecular flexibility index (Phi) is 9.68. The molecule has 1 aromatic heterocycles. The van der Waals surface area contributed by atoms with E-state index in [0.717, 1.165) is 71.4 Å². The van der Waals surface area contributed by atoms with Crippen LogP contribution in [0.4, 0.5) is 22.1 Å². The van der Waals surface area contributed by atoms with E-state index in [1.165, 1.54) is 0 Å². The highest BCUT2D eigenvalue weighted by molar-refractivity contribution is 6.06. The number of carbonyl (C=O) groups is 2. The lowest BCUT2D eigenvalue weighted by molar-refractivity contribution is 0.102. The molecule has 1 aliphatic rings. The van der Waals surface area contributed by atoms with Gasteiger partial charge in [-0.15, -0.1) is 0 Å². The third kappa shape index (κ3) is 7.09. The van der Waals surface area contributed by atoms with Crippen molar-refractivity contribution in [3.05, 3.63) is 77.5 Å². The monoisotopic (exact) mass is 608 g/mol. The zero-order valence-electron chi connectivity index (χ0n) is 27.2. The summed E-state index contributed by atoms with van der Waals surface area (Å²) in [6.07, 6.45) is 2.50. The number of benzene rings is 3. The highest BCUT2D eigenvalue weighted by Crippen LogP contribution is 2.42. The van der Waals surface area contributed by atoms with Gasteiger partial charge in [-0.25, -0.2) is 14.8 Å². The zero-order chi connectivity index (χ0) is 32.1. The largest absolute Gasteiger partial charge is 0.449 e. The minimum absolute atomic E-state index is 0.218. The highest BCUT2D eigenvalue weighted by atomic mass is 16.6. The molecule has 2 N–H and O–H groups in total. The number of carbonyl (C=O) groups excluding carboxylic acids is 2. The Morgan fingerprint density at radius 3 is 2.58 bits per heavy atom. The van der Waals surface area contributed by atoms with E-state index in [1.807, 2.05) is 61.7 Å². The maximum Gasteiger partial charge on any atom is 0.414 e. The molecule has 0 unspecified atom stereocenters. The minimum atomic E-state index is -0.380. The van der Waals surface area contributed by atoms with Crippen LogP contribution < -0.4 is 15.5 Å². The second-order valence-electron chi connectivity index (χ2n) is 12.2. The SMILES string of the molecule is CCOC(=O)N1CC(C)(C)c2ccc(NC(=O)c3ccc(C)c(-c4ccc5nc(NCCCN(CC)CC)ncc5c4)c3)cc21. The summed E-state index contributed by atoms with van der Waals surface area (Å²) < 4.78 is 5.29. The first-order valence-corrected chi connectivity index (χ1v) is 15.9. The van der Waals surface area contributed by atoms with E-state index < -0.39 is 0 Å². The van der Waals surface area contributed by atoms with E-state index in [1.54, 1.807) is 11.8 Å². The second kappa shape index (κ2) is 13.6. The van der Waals surface area contributed by atoms with E-state index in [0.29, 0.717) is 30.4 Å². The fourth-order valence-electron chi connectivity index (χ4n) is 5.94. The summed E-state index contributed by atoms with van der Waals surface area (Å²) in [4.78, 5) is 39.4. The Hall–Kier alpha value is -4.50. The molecule has 9 nitrogen and oxygen atoms in total. The lowest BCUT2D eigenvalue weighted by atomic mass is 9.87. The highest BCUT2D eigenvalue weighted by Gasteiger charge is 2.38. The molecule has 0 atom stereocenters. The summed E-state index contributed by atoms with van der Waals surface area (Å²) in [5.41, 5.74) is 6.63. The van der Waals surface area contributed by atoms with Gasteiger partial charge >= 0.3 is 6.09 Å². The standard InChI is InChI=1S/C36H44N6O3/c1-7-41(8-2)18-10-17-37-34-38-22-27-19-25(13-16-31(27)40-34)29-20-26(12-11-24(29)4)33(43)39-28-14-15-30-32(21-28)42(23-36(30,5)6)35(44)45-9-3/h11-16,19-22H,7-10,17-18,23H2,1-6H3,(H,39,43)(H,37,38,40). The van der Waals surface area contributed by atoms with Crippen LogP contribution in [-0.4, -0.2) is 66.2 Å². The molecule has 0 radical (unpaired) electrons. The smallest absolute Gasteiger partial charge is 0.414 e. The van der Waals surface area contributed by atoms with E-state index >= 15 is 0 Å². The van der Waals surface area contributed by atoms with Crippen LogP contribution in [0, 0.1) is 6.92 Å². The van der Waals surface area contributed by atoms with Crippen LogP contribution in [0.5, 0.6) is 0 Å². The molecule has 236 valence electrons. The topological polar surface area (TPSA) is 99.7 Å². The molecular formula is C36H44N6O3. The Morgan fingerprint density at radius 1 is 1.02 bits per heavy atom. The van der Waals surface area contributed by atoms with Gasteiger partial charge in [0.1, 0.15) is 0 Å². The maximum absolute atomic E-state index is 13.4. The number of hydrogen-bond donors (Lipinski definition) is 2. The molecule has 9 heteroatoms. The van der Waals surface area contributed by atoms with Gasteiger partial charge < -0.3 is 20.3 Å². The van der Waals surface area contributed by atoms with E-state index in [4.69, 9.17) is 9.72 Å². The Bertz CT molecular complexity index is 1700. The maximum atomic E-state index is 13.4. The number of anilines is 3. The van der Waals surface area contributed by atoms with Crippen LogP contribution in [0.2, 0.25) is 0 Å². The number of nitrogens with one attached hydrogen (secondary N) is 2. The van der Waals surface area contributed by atoms with Crippen LogP contribution >= 0.6 is 0 Å². The minimum Gasteiger partial charge on any atom is -0.449 e. The van der Waals surface area contributed by atoms with Gasteiger partial charge in [-0.1, -0.05) is 45.9 Å². The normalized spacial score (nSPS) is 13.6. The number of ether oxygens (including phenoxy) is 1. The van der Waals surface area contributed by atoms with Gasteiger partial charge in [0.25, 0.3) is 5.91 Å². The quantitative estimate of drug-likeness (QED) is 0.173. The first-order chi connectivity index (χ1) is 21.6. The Labute approximate surface area is 266 Å². The number of hydrogen-bond acceptors (Lipinski definition) is 7. The van der Waals surface area contributed by atoms with Crippen molar-refractivity contribution in [3.8, 4) is 11.1 Å². The van der Waals surface area contributed by atoms with Crippen molar-refractivity contribution in [2.24, 2.45) is 0 Å². The molecule has 0 saturated carbocycles. The first-order valence-electron chi connectivity index (χ1n) is 15.9. The average Bonchev–Trinajstić information content (AvgIpc) is 3.31. The fraction of sp³-hybridized carbons (Fsp3) is 0.389. The van der Waals surface area contributed by atoms with Crippen molar-refractivity contribution in [1.82, 2.24) is 14.9 Å². The van der Waals surface area contributed by atoms with Crippen molar-refractivity contribution >= 4 is 40.2 Å². The Balaban J connectivity index is 1.31. The summed E-state index contributed by atoms with van der Waals surface area (Å²) in [5.74, 6) is 0.405. The molecule has 1 aliphatic heterocycles. The van der Waals surface area contributed by atoms with Gasteiger partial charge in [-0.3, -0.25) is 9.69 Å². The van der Waals surface area contributed by atoms with Crippen molar-refractivity contribution < 1.29 is 14.3 Å². The molecule has 0 spiro atoms. The van der Waals surface area contributed by atoms with Crippen LogP contribution in [0.15, 0.2) is 60.8 Å². The lowest BCUT2D eigenvalue weighted by Crippen LogP contribution is -2.34. The molecule has 0 aliphatic carbocycles. The molecule has 3 aromatic carbocycles. The van der Waals surface area contributed by atoms with Gasteiger partial charge in [0, 0.05) is 41.3 Å². The molecule has 4 aromatic rings. The van der Waals surface area contributed by atoms with Gasteiger partial charge in [-0.2, -0.15) is 0 Å². The van der Waals surface area contributed by atoms with E-state index in [2.05, 4.69) is 54.3 Å². The van der Waals surface area contributed by atoms with Crippen molar-refractivity contribution in [2.45, 2.75) is 53.4 Å². The molecule has 0 bridgehead atoms. The number of fused-ring (bicyclic) bond motifs is 2. The number of aryl methyl sites for hydroxylation is 1. The molecule has 0 saturated heterocycles.